The molecule has 0 unspecified atom stereocenters. The van der Waals surface area contributed by atoms with Crippen molar-refractivity contribution in [3.05, 3.63) is 29.3 Å². The van der Waals surface area contributed by atoms with Crippen LogP contribution in [-0.4, -0.2) is 6.61 Å². The van der Waals surface area contributed by atoms with Crippen LogP contribution < -0.4 is 10.5 Å². The largest absolute Gasteiger partial charge is 0.435 e. The third kappa shape index (κ3) is 2.58. The van der Waals surface area contributed by atoms with Crippen LogP contribution in [0.3, 0.4) is 0 Å². The molecule has 1 aliphatic rings. The number of nitrogens with two attached hydrogens (primary N) is 1. The molecular formula is C10H12ClF2NO. The topological polar surface area (TPSA) is 35.2 Å². The Morgan fingerprint density at radius 1 is 1.40 bits per heavy atom. The summed E-state index contributed by atoms with van der Waals surface area (Å²) in [6.45, 7) is -2.77. The lowest BCUT2D eigenvalue weighted by atomic mass is 10.1. The average molecular weight is 236 g/mol. The van der Waals surface area contributed by atoms with Gasteiger partial charge in [0.05, 0.1) is 0 Å². The normalized spacial score (nSPS) is 18.5. The molecule has 1 aliphatic carbocycles. The first kappa shape index (κ1) is 12.2. The molecule has 1 atom stereocenters. The average Bonchev–Trinajstić information content (AvgIpc) is 2.47. The van der Waals surface area contributed by atoms with Gasteiger partial charge in [-0.3, -0.25) is 0 Å². The van der Waals surface area contributed by atoms with E-state index in [4.69, 9.17) is 5.73 Å². The Labute approximate surface area is 92.8 Å². The second kappa shape index (κ2) is 4.77. The molecule has 0 saturated carbocycles. The first-order valence-electron chi connectivity index (χ1n) is 4.50. The summed E-state index contributed by atoms with van der Waals surface area (Å²) in [5, 5.41) is 0. The van der Waals surface area contributed by atoms with Crippen molar-refractivity contribution in [2.45, 2.75) is 25.5 Å². The monoisotopic (exact) mass is 235 g/mol. The number of ether oxygens (including phenoxy) is 1. The number of fused-ring (bicyclic) bond motifs is 1. The van der Waals surface area contributed by atoms with Gasteiger partial charge in [0.2, 0.25) is 0 Å². The molecule has 0 radical (unpaired) electrons. The molecular weight excluding hydrogens is 224 g/mol. The zero-order valence-electron chi connectivity index (χ0n) is 7.95. The van der Waals surface area contributed by atoms with E-state index >= 15 is 0 Å². The van der Waals surface area contributed by atoms with E-state index in [1.54, 1.807) is 18.2 Å². The molecule has 1 aromatic rings. The summed E-state index contributed by atoms with van der Waals surface area (Å²) >= 11 is 0. The highest BCUT2D eigenvalue weighted by atomic mass is 35.5. The van der Waals surface area contributed by atoms with Crippen LogP contribution in [0.5, 0.6) is 5.75 Å². The van der Waals surface area contributed by atoms with Gasteiger partial charge in [-0.25, -0.2) is 0 Å². The summed E-state index contributed by atoms with van der Waals surface area (Å²) in [5.74, 6) is 0.191. The van der Waals surface area contributed by atoms with Gasteiger partial charge in [-0.15, -0.1) is 12.4 Å². The smallest absolute Gasteiger partial charge is 0.387 e. The number of alkyl halides is 2. The van der Waals surface area contributed by atoms with Gasteiger partial charge in [0.15, 0.2) is 0 Å². The van der Waals surface area contributed by atoms with Gasteiger partial charge in [0.25, 0.3) is 0 Å². The quantitative estimate of drug-likeness (QED) is 0.855. The minimum Gasteiger partial charge on any atom is -0.435 e. The fourth-order valence-corrected chi connectivity index (χ4v) is 1.79. The molecule has 1 aromatic carbocycles. The van der Waals surface area contributed by atoms with Gasteiger partial charge in [0.1, 0.15) is 5.75 Å². The number of halogens is 3. The maximum Gasteiger partial charge on any atom is 0.387 e. The number of benzene rings is 1. The van der Waals surface area contributed by atoms with E-state index < -0.39 is 6.61 Å². The fourth-order valence-electron chi connectivity index (χ4n) is 1.79. The predicted molar refractivity (Wildman–Crippen MR) is 55.6 cm³/mol. The molecule has 15 heavy (non-hydrogen) atoms. The van der Waals surface area contributed by atoms with Crippen molar-refractivity contribution in [3.8, 4) is 5.75 Å². The zero-order valence-corrected chi connectivity index (χ0v) is 8.77. The minimum absolute atomic E-state index is 0. The van der Waals surface area contributed by atoms with Crippen LogP contribution in [0.15, 0.2) is 18.2 Å². The highest BCUT2D eigenvalue weighted by Crippen LogP contribution is 2.32. The molecule has 5 heteroatoms. The summed E-state index contributed by atoms with van der Waals surface area (Å²) in [6, 6.07) is 4.94. The Balaban J connectivity index is 0.00000112. The predicted octanol–water partition coefficient (Wildman–Crippen LogP) is 2.66. The molecule has 0 heterocycles. The Morgan fingerprint density at radius 2 is 2.13 bits per heavy atom. The molecule has 0 amide bonds. The fraction of sp³-hybridized carbons (Fsp3) is 0.400. The van der Waals surface area contributed by atoms with Gasteiger partial charge >= 0.3 is 6.61 Å². The van der Waals surface area contributed by atoms with E-state index in [9.17, 15) is 8.78 Å². The summed E-state index contributed by atoms with van der Waals surface area (Å²) in [5.41, 5.74) is 7.87. The molecule has 84 valence electrons. The summed E-state index contributed by atoms with van der Waals surface area (Å²) < 4.78 is 28.1. The number of aryl methyl sites for hydroxylation is 1. The van der Waals surface area contributed by atoms with Crippen LogP contribution in [0.1, 0.15) is 23.6 Å². The van der Waals surface area contributed by atoms with E-state index in [0.717, 1.165) is 24.0 Å². The van der Waals surface area contributed by atoms with Crippen molar-refractivity contribution in [3.63, 3.8) is 0 Å². The summed E-state index contributed by atoms with van der Waals surface area (Å²) in [6.07, 6.45) is 1.80. The lowest BCUT2D eigenvalue weighted by Gasteiger charge is -2.08. The van der Waals surface area contributed by atoms with Crippen molar-refractivity contribution in [2.75, 3.05) is 0 Å². The van der Waals surface area contributed by atoms with Gasteiger partial charge in [0, 0.05) is 6.04 Å². The van der Waals surface area contributed by atoms with Crippen LogP contribution in [0.2, 0.25) is 0 Å². The lowest BCUT2D eigenvalue weighted by Crippen LogP contribution is -2.06. The first-order valence-corrected chi connectivity index (χ1v) is 4.50. The highest BCUT2D eigenvalue weighted by Gasteiger charge is 2.19. The molecule has 2 rings (SSSR count). The van der Waals surface area contributed by atoms with Crippen LogP contribution in [0.25, 0.3) is 0 Å². The van der Waals surface area contributed by atoms with Gasteiger partial charge in [-0.2, -0.15) is 8.78 Å². The molecule has 0 fully saturated rings. The van der Waals surface area contributed by atoms with Crippen LogP contribution in [0, 0.1) is 0 Å². The Morgan fingerprint density at radius 3 is 2.80 bits per heavy atom. The van der Waals surface area contributed by atoms with Crippen molar-refractivity contribution in [1.29, 1.82) is 0 Å². The van der Waals surface area contributed by atoms with E-state index in [-0.39, 0.29) is 24.2 Å². The Hall–Kier alpha value is -0.870. The third-order valence-corrected chi connectivity index (χ3v) is 2.47. The van der Waals surface area contributed by atoms with Crippen molar-refractivity contribution in [1.82, 2.24) is 0 Å². The van der Waals surface area contributed by atoms with E-state index in [0.29, 0.717) is 0 Å². The molecule has 0 aliphatic heterocycles. The molecule has 0 aromatic heterocycles. The standard InChI is InChI=1S/C10H11F2NO.ClH/c11-10(12)14-7-3-1-6-2-4-9(13)8(6)5-7;/h1,3,5,9-10H,2,4,13H2;1H/t9-;/m0./s1. The second-order valence-corrected chi connectivity index (χ2v) is 3.38. The second-order valence-electron chi connectivity index (χ2n) is 3.38. The number of hydrogen-bond donors (Lipinski definition) is 1. The maximum absolute atomic E-state index is 11.9. The van der Waals surface area contributed by atoms with Crippen LogP contribution >= 0.6 is 12.4 Å². The summed E-state index contributed by atoms with van der Waals surface area (Å²) in [4.78, 5) is 0. The number of rotatable bonds is 2. The lowest BCUT2D eigenvalue weighted by molar-refractivity contribution is -0.0498. The zero-order chi connectivity index (χ0) is 10.1. The van der Waals surface area contributed by atoms with E-state index in [1.807, 2.05) is 0 Å². The molecule has 0 bridgehead atoms. The van der Waals surface area contributed by atoms with Gasteiger partial charge in [-0.1, -0.05) is 6.07 Å². The third-order valence-electron chi connectivity index (χ3n) is 2.47. The minimum atomic E-state index is -2.77. The Bertz CT molecular complexity index is 346. The molecule has 0 saturated heterocycles. The molecule has 0 spiro atoms. The van der Waals surface area contributed by atoms with Gasteiger partial charge in [-0.05, 0) is 36.1 Å². The summed E-state index contributed by atoms with van der Waals surface area (Å²) in [7, 11) is 0. The van der Waals surface area contributed by atoms with Crippen LogP contribution in [0.4, 0.5) is 8.78 Å². The highest BCUT2D eigenvalue weighted by molar-refractivity contribution is 5.85. The molecule has 2 N–H and O–H groups in total. The van der Waals surface area contributed by atoms with Crippen LogP contribution in [-0.2, 0) is 6.42 Å². The maximum atomic E-state index is 11.9. The number of hydrogen-bond acceptors (Lipinski definition) is 2. The molecule has 2 nitrogen and oxygen atoms in total. The van der Waals surface area contributed by atoms with Crippen molar-refractivity contribution >= 4 is 12.4 Å². The van der Waals surface area contributed by atoms with Crippen molar-refractivity contribution in [2.24, 2.45) is 5.73 Å². The van der Waals surface area contributed by atoms with E-state index in [1.165, 1.54) is 0 Å². The van der Waals surface area contributed by atoms with Gasteiger partial charge < -0.3 is 10.5 Å². The first-order chi connectivity index (χ1) is 6.66. The Kier molecular flexibility index (Phi) is 3.88. The van der Waals surface area contributed by atoms with Crippen molar-refractivity contribution < 1.29 is 13.5 Å². The SMILES string of the molecule is Cl.N[C@H]1CCc2ccc(OC(F)F)cc21. The van der Waals surface area contributed by atoms with E-state index in [2.05, 4.69) is 4.74 Å².